The van der Waals surface area contributed by atoms with Crippen molar-refractivity contribution in [1.82, 2.24) is 10.6 Å². The molecule has 0 aliphatic carbocycles. The average molecular weight is 292 g/mol. The van der Waals surface area contributed by atoms with Gasteiger partial charge in [0.15, 0.2) is 18.1 Å². The van der Waals surface area contributed by atoms with Crippen LogP contribution in [0.25, 0.3) is 0 Å². The van der Waals surface area contributed by atoms with E-state index in [1.165, 1.54) is 7.11 Å². The van der Waals surface area contributed by atoms with E-state index in [0.29, 0.717) is 24.5 Å². The minimum absolute atomic E-state index is 0.127. The Labute approximate surface area is 123 Å². The van der Waals surface area contributed by atoms with Crippen molar-refractivity contribution in [2.24, 2.45) is 0 Å². The summed E-state index contributed by atoms with van der Waals surface area (Å²) in [5.41, 5.74) is 0. The van der Waals surface area contributed by atoms with Gasteiger partial charge in [-0.15, -0.1) is 0 Å². The van der Waals surface area contributed by atoms with Crippen LogP contribution in [-0.4, -0.2) is 38.1 Å². The molecule has 2 amide bonds. The maximum Gasteiger partial charge on any atom is 0.258 e. The molecule has 21 heavy (non-hydrogen) atoms. The first-order chi connectivity index (χ1) is 10.2. The number of rotatable bonds is 5. The normalized spacial score (nSPS) is 18.3. The molecule has 1 aromatic carbocycles. The second-order valence-corrected chi connectivity index (χ2v) is 4.85. The molecule has 0 aromatic heterocycles. The number of carbonyl (C=O) groups is 2. The SMILES string of the molecule is COc1ccccc1OCC(=O)N[C@@H]1CCCCNC1=O. The summed E-state index contributed by atoms with van der Waals surface area (Å²) >= 11 is 0. The summed E-state index contributed by atoms with van der Waals surface area (Å²) in [5.74, 6) is 0.624. The highest BCUT2D eigenvalue weighted by Gasteiger charge is 2.22. The third kappa shape index (κ3) is 4.37. The Kier molecular flexibility index (Phi) is 5.43. The van der Waals surface area contributed by atoms with E-state index < -0.39 is 6.04 Å². The Hall–Kier alpha value is -2.24. The number of hydrogen-bond donors (Lipinski definition) is 2. The molecule has 1 atom stereocenters. The second-order valence-electron chi connectivity index (χ2n) is 4.85. The third-order valence-corrected chi connectivity index (χ3v) is 3.30. The van der Waals surface area contributed by atoms with Crippen molar-refractivity contribution in [3.05, 3.63) is 24.3 Å². The van der Waals surface area contributed by atoms with Gasteiger partial charge in [0.1, 0.15) is 6.04 Å². The lowest BCUT2D eigenvalue weighted by Crippen LogP contribution is -2.46. The molecule has 6 nitrogen and oxygen atoms in total. The lowest BCUT2D eigenvalue weighted by Gasteiger charge is -2.16. The molecule has 0 saturated carbocycles. The number of ether oxygens (including phenoxy) is 2. The lowest BCUT2D eigenvalue weighted by atomic mass is 10.1. The largest absolute Gasteiger partial charge is 0.493 e. The van der Waals surface area contributed by atoms with Gasteiger partial charge >= 0.3 is 0 Å². The van der Waals surface area contributed by atoms with Crippen LogP contribution in [-0.2, 0) is 9.59 Å². The first-order valence-corrected chi connectivity index (χ1v) is 7.03. The lowest BCUT2D eigenvalue weighted by molar-refractivity contribution is -0.129. The molecule has 0 bridgehead atoms. The van der Waals surface area contributed by atoms with Gasteiger partial charge in [-0.3, -0.25) is 9.59 Å². The third-order valence-electron chi connectivity index (χ3n) is 3.30. The van der Waals surface area contributed by atoms with Gasteiger partial charge in [0.25, 0.3) is 5.91 Å². The fraction of sp³-hybridized carbons (Fsp3) is 0.467. The summed E-state index contributed by atoms with van der Waals surface area (Å²) in [6.45, 7) is 0.521. The summed E-state index contributed by atoms with van der Waals surface area (Å²) in [7, 11) is 1.54. The van der Waals surface area contributed by atoms with E-state index in [1.807, 2.05) is 6.07 Å². The molecular formula is C15H20N2O4. The zero-order chi connectivity index (χ0) is 15.1. The van der Waals surface area contributed by atoms with Crippen LogP contribution in [0.3, 0.4) is 0 Å². The molecule has 2 rings (SSSR count). The first kappa shape index (κ1) is 15.2. The van der Waals surface area contributed by atoms with E-state index in [9.17, 15) is 9.59 Å². The van der Waals surface area contributed by atoms with E-state index in [4.69, 9.17) is 9.47 Å². The van der Waals surface area contributed by atoms with Crippen LogP contribution in [0.2, 0.25) is 0 Å². The van der Waals surface area contributed by atoms with E-state index in [1.54, 1.807) is 18.2 Å². The van der Waals surface area contributed by atoms with Crippen LogP contribution in [0.1, 0.15) is 19.3 Å². The number of methoxy groups -OCH3 is 1. The second kappa shape index (κ2) is 7.52. The van der Waals surface area contributed by atoms with Gasteiger partial charge in [-0.2, -0.15) is 0 Å². The highest BCUT2D eigenvalue weighted by Crippen LogP contribution is 2.25. The Morgan fingerprint density at radius 3 is 2.86 bits per heavy atom. The highest BCUT2D eigenvalue weighted by atomic mass is 16.5. The summed E-state index contributed by atoms with van der Waals surface area (Å²) in [4.78, 5) is 23.6. The summed E-state index contributed by atoms with van der Waals surface area (Å²) < 4.78 is 10.6. The molecule has 1 aliphatic rings. The van der Waals surface area contributed by atoms with Crippen molar-refractivity contribution >= 4 is 11.8 Å². The Bertz CT molecular complexity index is 504. The van der Waals surface area contributed by atoms with Gasteiger partial charge in [-0.05, 0) is 31.4 Å². The number of hydrogen-bond acceptors (Lipinski definition) is 4. The van der Waals surface area contributed by atoms with Crippen LogP contribution in [0, 0.1) is 0 Å². The molecule has 1 heterocycles. The van der Waals surface area contributed by atoms with Gasteiger partial charge in [-0.25, -0.2) is 0 Å². The molecule has 1 fully saturated rings. The number of carbonyl (C=O) groups excluding carboxylic acids is 2. The highest BCUT2D eigenvalue weighted by molar-refractivity contribution is 5.88. The molecule has 1 saturated heterocycles. The molecule has 114 valence electrons. The molecule has 0 radical (unpaired) electrons. The van der Waals surface area contributed by atoms with Crippen LogP contribution < -0.4 is 20.1 Å². The monoisotopic (exact) mass is 292 g/mol. The predicted molar refractivity (Wildman–Crippen MR) is 77.3 cm³/mol. The van der Waals surface area contributed by atoms with E-state index in [0.717, 1.165) is 12.8 Å². The maximum absolute atomic E-state index is 11.9. The minimum Gasteiger partial charge on any atom is -0.493 e. The van der Waals surface area contributed by atoms with Crippen LogP contribution in [0.4, 0.5) is 0 Å². The minimum atomic E-state index is -0.471. The van der Waals surface area contributed by atoms with Crippen LogP contribution in [0.5, 0.6) is 11.5 Å². The van der Waals surface area contributed by atoms with Crippen molar-refractivity contribution in [3.63, 3.8) is 0 Å². The van der Waals surface area contributed by atoms with Crippen molar-refractivity contribution < 1.29 is 19.1 Å². The van der Waals surface area contributed by atoms with Gasteiger partial charge in [0, 0.05) is 6.54 Å². The first-order valence-electron chi connectivity index (χ1n) is 7.03. The summed E-state index contributed by atoms with van der Waals surface area (Å²) in [5, 5.41) is 5.48. The summed E-state index contributed by atoms with van der Waals surface area (Å²) in [6, 6.07) is 6.63. The Balaban J connectivity index is 1.85. The van der Waals surface area contributed by atoms with Crippen molar-refractivity contribution in [1.29, 1.82) is 0 Å². The number of nitrogens with one attached hydrogen (secondary N) is 2. The Morgan fingerprint density at radius 2 is 2.10 bits per heavy atom. The molecule has 1 aromatic rings. The standard InChI is InChI=1S/C15H20N2O4/c1-20-12-7-2-3-8-13(12)21-10-14(18)17-11-6-4-5-9-16-15(11)19/h2-3,7-8,11H,4-6,9-10H2,1H3,(H,16,19)(H,17,18)/t11-/m1/s1. The van der Waals surface area contributed by atoms with Crippen molar-refractivity contribution in [2.45, 2.75) is 25.3 Å². The van der Waals surface area contributed by atoms with Crippen molar-refractivity contribution in [2.75, 3.05) is 20.3 Å². The fourth-order valence-corrected chi connectivity index (χ4v) is 2.19. The van der Waals surface area contributed by atoms with Crippen molar-refractivity contribution in [3.8, 4) is 11.5 Å². The summed E-state index contributed by atoms with van der Waals surface area (Å²) in [6.07, 6.45) is 2.51. The van der Waals surface area contributed by atoms with Gasteiger partial charge in [0.05, 0.1) is 7.11 Å². The molecule has 0 unspecified atom stereocenters. The molecular weight excluding hydrogens is 272 g/mol. The number of para-hydroxylation sites is 2. The van der Waals surface area contributed by atoms with Crippen LogP contribution in [0.15, 0.2) is 24.3 Å². The van der Waals surface area contributed by atoms with Gasteiger partial charge < -0.3 is 20.1 Å². The maximum atomic E-state index is 11.9. The van der Waals surface area contributed by atoms with E-state index in [2.05, 4.69) is 10.6 Å². The van der Waals surface area contributed by atoms with Gasteiger partial charge in [0.2, 0.25) is 5.91 Å². The van der Waals surface area contributed by atoms with Crippen LogP contribution >= 0.6 is 0 Å². The van der Waals surface area contributed by atoms with E-state index in [-0.39, 0.29) is 18.4 Å². The molecule has 6 heteroatoms. The average Bonchev–Trinajstić information content (AvgIpc) is 2.70. The van der Waals surface area contributed by atoms with E-state index >= 15 is 0 Å². The Morgan fingerprint density at radius 1 is 1.33 bits per heavy atom. The predicted octanol–water partition coefficient (Wildman–Crippen LogP) is 0.859. The number of benzene rings is 1. The topological polar surface area (TPSA) is 76.7 Å². The fourth-order valence-electron chi connectivity index (χ4n) is 2.19. The molecule has 2 N–H and O–H groups in total. The number of amides is 2. The van der Waals surface area contributed by atoms with Gasteiger partial charge in [-0.1, -0.05) is 12.1 Å². The quantitative estimate of drug-likeness (QED) is 0.844. The molecule has 1 aliphatic heterocycles. The smallest absolute Gasteiger partial charge is 0.258 e. The zero-order valence-corrected chi connectivity index (χ0v) is 12.1. The zero-order valence-electron chi connectivity index (χ0n) is 12.1. The molecule has 0 spiro atoms.